The minimum absolute atomic E-state index is 0.445. The average Bonchev–Trinajstić information content (AvgIpc) is 2.63. The maximum Gasteiger partial charge on any atom is 0.235 e. The number of rotatable bonds is 3. The molecule has 4 heteroatoms. The minimum atomic E-state index is -0.445. The fraction of sp³-hybridized carbons (Fsp3) is 0.200. The molecule has 0 amide bonds. The standard InChI is InChI=1S/C15H16N2O2/c1-11-6-4-5-7-15(11)17-12(2)10-14(13(17)3)8-9-16(18)19/h4-10H,1-3H3/b9-8+. The minimum Gasteiger partial charge on any atom is -0.318 e. The van der Waals surface area contributed by atoms with Crippen molar-refractivity contribution in [2.75, 3.05) is 0 Å². The molecule has 0 unspecified atom stereocenters. The SMILES string of the molecule is Cc1ccccc1-n1c(C)cc(/C=C/[N+](=O)[O-])c1C. The van der Waals surface area contributed by atoms with Gasteiger partial charge in [0.1, 0.15) is 0 Å². The number of aromatic nitrogens is 1. The first-order chi connectivity index (χ1) is 9.00. The second-order valence-electron chi connectivity index (χ2n) is 4.55. The molecule has 0 aliphatic heterocycles. The van der Waals surface area contributed by atoms with Crippen LogP contribution in [0.5, 0.6) is 0 Å². The monoisotopic (exact) mass is 256 g/mol. The number of nitrogens with zero attached hydrogens (tertiary/aromatic N) is 2. The Hall–Kier alpha value is -2.36. The highest BCUT2D eigenvalue weighted by Gasteiger charge is 2.10. The van der Waals surface area contributed by atoms with Crippen LogP contribution >= 0.6 is 0 Å². The van der Waals surface area contributed by atoms with Gasteiger partial charge in [0.05, 0.1) is 4.92 Å². The summed E-state index contributed by atoms with van der Waals surface area (Å²) in [5.41, 5.74) is 5.23. The van der Waals surface area contributed by atoms with Gasteiger partial charge >= 0.3 is 0 Å². The van der Waals surface area contributed by atoms with Crippen LogP contribution in [-0.4, -0.2) is 9.49 Å². The molecule has 0 saturated carbocycles. The van der Waals surface area contributed by atoms with Crippen LogP contribution in [0.15, 0.2) is 36.5 Å². The quantitative estimate of drug-likeness (QED) is 0.621. The van der Waals surface area contributed by atoms with Gasteiger partial charge in [0.2, 0.25) is 6.20 Å². The van der Waals surface area contributed by atoms with E-state index in [2.05, 4.69) is 23.6 Å². The molecule has 0 aliphatic rings. The molecule has 1 aromatic carbocycles. The first-order valence-electron chi connectivity index (χ1n) is 6.07. The van der Waals surface area contributed by atoms with Crippen LogP contribution in [0.1, 0.15) is 22.5 Å². The van der Waals surface area contributed by atoms with Crippen molar-refractivity contribution in [1.29, 1.82) is 0 Å². The lowest BCUT2D eigenvalue weighted by atomic mass is 10.2. The van der Waals surface area contributed by atoms with E-state index in [1.54, 1.807) is 0 Å². The zero-order valence-corrected chi connectivity index (χ0v) is 11.3. The van der Waals surface area contributed by atoms with E-state index in [0.29, 0.717) is 0 Å². The molecule has 0 radical (unpaired) electrons. The molecule has 0 N–H and O–H groups in total. The van der Waals surface area contributed by atoms with Crippen molar-refractivity contribution in [3.8, 4) is 5.69 Å². The van der Waals surface area contributed by atoms with E-state index in [9.17, 15) is 10.1 Å². The Balaban J connectivity index is 2.54. The first-order valence-corrected chi connectivity index (χ1v) is 6.07. The maximum absolute atomic E-state index is 10.4. The Labute approximate surface area is 112 Å². The lowest BCUT2D eigenvalue weighted by Gasteiger charge is -2.12. The van der Waals surface area contributed by atoms with Crippen molar-refractivity contribution in [2.45, 2.75) is 20.8 Å². The first kappa shape index (κ1) is 13.1. The zero-order chi connectivity index (χ0) is 14.0. The summed E-state index contributed by atoms with van der Waals surface area (Å²) < 4.78 is 2.12. The van der Waals surface area contributed by atoms with E-state index in [4.69, 9.17) is 0 Å². The topological polar surface area (TPSA) is 48.1 Å². The molecule has 1 aromatic heterocycles. The summed E-state index contributed by atoms with van der Waals surface area (Å²) >= 11 is 0. The molecule has 0 aliphatic carbocycles. The van der Waals surface area contributed by atoms with Crippen molar-refractivity contribution < 1.29 is 4.92 Å². The highest BCUT2D eigenvalue weighted by Crippen LogP contribution is 2.23. The van der Waals surface area contributed by atoms with Gasteiger partial charge in [0, 0.05) is 28.7 Å². The summed E-state index contributed by atoms with van der Waals surface area (Å²) in [4.78, 5) is 9.97. The molecule has 0 atom stereocenters. The van der Waals surface area contributed by atoms with Crippen LogP contribution < -0.4 is 0 Å². The maximum atomic E-state index is 10.4. The third kappa shape index (κ3) is 2.57. The normalized spacial score (nSPS) is 11.1. The number of aryl methyl sites for hydroxylation is 2. The van der Waals surface area contributed by atoms with Crippen LogP contribution in [0.25, 0.3) is 11.8 Å². The van der Waals surface area contributed by atoms with E-state index < -0.39 is 4.92 Å². The fourth-order valence-corrected chi connectivity index (χ4v) is 2.28. The Morgan fingerprint density at radius 2 is 1.89 bits per heavy atom. The van der Waals surface area contributed by atoms with Gasteiger partial charge in [-0.2, -0.15) is 0 Å². The van der Waals surface area contributed by atoms with Gasteiger partial charge in [-0.3, -0.25) is 10.1 Å². The molecular weight excluding hydrogens is 240 g/mol. The molecule has 2 aromatic rings. The number of nitro groups is 1. The summed E-state index contributed by atoms with van der Waals surface area (Å²) in [5.74, 6) is 0. The molecule has 4 nitrogen and oxygen atoms in total. The van der Waals surface area contributed by atoms with Crippen molar-refractivity contribution in [3.05, 3.63) is 69.2 Å². The average molecular weight is 256 g/mol. The summed E-state index contributed by atoms with van der Waals surface area (Å²) in [6.45, 7) is 6.03. The van der Waals surface area contributed by atoms with Crippen molar-refractivity contribution in [2.24, 2.45) is 0 Å². The van der Waals surface area contributed by atoms with E-state index in [1.807, 2.05) is 32.0 Å². The highest BCUT2D eigenvalue weighted by atomic mass is 16.6. The van der Waals surface area contributed by atoms with Crippen LogP contribution in [-0.2, 0) is 0 Å². The molecule has 0 fully saturated rings. The predicted molar refractivity (Wildman–Crippen MR) is 76.0 cm³/mol. The van der Waals surface area contributed by atoms with Gasteiger partial charge in [0.25, 0.3) is 0 Å². The zero-order valence-electron chi connectivity index (χ0n) is 11.3. The van der Waals surface area contributed by atoms with Crippen LogP contribution in [0.2, 0.25) is 0 Å². The van der Waals surface area contributed by atoms with Crippen LogP contribution in [0.4, 0.5) is 0 Å². The van der Waals surface area contributed by atoms with Gasteiger partial charge < -0.3 is 4.57 Å². The molecular formula is C15H16N2O2. The van der Waals surface area contributed by atoms with Crippen LogP contribution in [0.3, 0.4) is 0 Å². The Morgan fingerprint density at radius 3 is 2.53 bits per heavy atom. The van der Waals surface area contributed by atoms with Gasteiger partial charge in [-0.15, -0.1) is 0 Å². The lowest BCUT2D eigenvalue weighted by Crippen LogP contribution is -2.01. The highest BCUT2D eigenvalue weighted by molar-refractivity contribution is 5.56. The van der Waals surface area contributed by atoms with Gasteiger partial charge in [-0.25, -0.2) is 0 Å². The van der Waals surface area contributed by atoms with Crippen molar-refractivity contribution in [1.82, 2.24) is 4.57 Å². The van der Waals surface area contributed by atoms with E-state index in [1.165, 1.54) is 11.6 Å². The second kappa shape index (κ2) is 5.10. The molecule has 19 heavy (non-hydrogen) atoms. The third-order valence-electron chi connectivity index (χ3n) is 3.20. The fourth-order valence-electron chi connectivity index (χ4n) is 2.28. The number of benzene rings is 1. The summed E-state index contributed by atoms with van der Waals surface area (Å²) in [6, 6.07) is 10.1. The number of hydrogen-bond donors (Lipinski definition) is 0. The third-order valence-corrected chi connectivity index (χ3v) is 3.20. The predicted octanol–water partition coefficient (Wildman–Crippen LogP) is 3.65. The van der Waals surface area contributed by atoms with E-state index >= 15 is 0 Å². The smallest absolute Gasteiger partial charge is 0.235 e. The van der Waals surface area contributed by atoms with Gasteiger partial charge in [-0.05, 0) is 38.5 Å². The summed E-state index contributed by atoms with van der Waals surface area (Å²) in [5, 5.41) is 10.4. The Morgan fingerprint density at radius 1 is 1.21 bits per heavy atom. The van der Waals surface area contributed by atoms with Gasteiger partial charge in [-0.1, -0.05) is 18.2 Å². The lowest BCUT2D eigenvalue weighted by molar-refractivity contribution is -0.400. The molecule has 2 rings (SSSR count). The van der Waals surface area contributed by atoms with E-state index in [-0.39, 0.29) is 0 Å². The van der Waals surface area contributed by atoms with Crippen molar-refractivity contribution >= 4 is 6.08 Å². The molecule has 1 heterocycles. The molecule has 0 bridgehead atoms. The number of hydrogen-bond acceptors (Lipinski definition) is 2. The molecule has 0 spiro atoms. The van der Waals surface area contributed by atoms with E-state index in [0.717, 1.165) is 28.8 Å². The van der Waals surface area contributed by atoms with Gasteiger partial charge in [0.15, 0.2) is 0 Å². The Kier molecular flexibility index (Phi) is 3.51. The Bertz CT molecular complexity index is 654. The second-order valence-corrected chi connectivity index (χ2v) is 4.55. The molecule has 98 valence electrons. The summed E-state index contributed by atoms with van der Waals surface area (Å²) in [6.07, 6.45) is 2.51. The largest absolute Gasteiger partial charge is 0.318 e. The van der Waals surface area contributed by atoms with Crippen LogP contribution in [0, 0.1) is 30.9 Å². The van der Waals surface area contributed by atoms with Crippen molar-refractivity contribution in [3.63, 3.8) is 0 Å². The summed E-state index contributed by atoms with van der Waals surface area (Å²) in [7, 11) is 0. The number of para-hydroxylation sites is 1. The molecule has 0 saturated heterocycles.